The van der Waals surface area contributed by atoms with Gasteiger partial charge in [-0.1, -0.05) is 0 Å². The first-order valence-electron chi connectivity index (χ1n) is 10.5. The normalized spacial score (nSPS) is 15.4. The molecule has 0 aromatic heterocycles. The molecule has 0 aliphatic rings. The van der Waals surface area contributed by atoms with Gasteiger partial charge < -0.3 is 58.7 Å². The Morgan fingerprint density at radius 3 is 0.947 bits per heavy atom. The van der Waals surface area contributed by atoms with Gasteiger partial charge >= 0.3 is 17.9 Å². The fraction of sp³-hybridized carbons (Fsp3) is 0.625. The molecule has 1 unspecified atom stereocenters. The van der Waals surface area contributed by atoms with Crippen molar-refractivity contribution in [2.45, 2.75) is 96.0 Å². The Labute approximate surface area is 226 Å². The second-order valence-electron chi connectivity index (χ2n) is 7.94. The quantitative estimate of drug-likeness (QED) is 0.146. The van der Waals surface area contributed by atoms with Gasteiger partial charge in [-0.3, -0.25) is 14.4 Å². The number of aliphatic hydroxyl groups is 4. The Balaban J connectivity index is -0.0000000635. The maximum absolute atomic E-state index is 10.2. The maximum atomic E-state index is 10.2. The molecule has 0 spiro atoms. The molecule has 0 saturated carbocycles. The highest BCUT2D eigenvalue weighted by molar-refractivity contribution is 5.78. The SMILES string of the molecule is C#C.C#C.C#C.CC(C)(O)[C@@H](N)C(=O)O.CC(O)[C@@H](C)N.C[C@@H](O)[C@@](C)(N)C(=O)O.C[C@@H](O)[C@H](N)C(=O)O. The summed E-state index contributed by atoms with van der Waals surface area (Å²) < 4.78 is 0. The predicted molar refractivity (Wildman–Crippen MR) is 146 cm³/mol. The second kappa shape index (κ2) is 28.3. The van der Waals surface area contributed by atoms with Crippen LogP contribution in [0.3, 0.4) is 0 Å². The van der Waals surface area contributed by atoms with Gasteiger partial charge in [-0.05, 0) is 48.5 Å². The van der Waals surface area contributed by atoms with E-state index in [1.54, 1.807) is 13.8 Å². The number of hydrogen-bond acceptors (Lipinski definition) is 11. The zero-order valence-electron chi connectivity index (χ0n) is 23.1. The van der Waals surface area contributed by atoms with E-state index in [4.69, 9.17) is 58.7 Å². The fourth-order valence-electron chi connectivity index (χ4n) is 0.687. The van der Waals surface area contributed by atoms with Gasteiger partial charge in [0.25, 0.3) is 0 Å². The summed E-state index contributed by atoms with van der Waals surface area (Å²) in [5.74, 6) is -3.57. The minimum Gasteiger partial charge on any atom is -0.480 e. The van der Waals surface area contributed by atoms with Crippen molar-refractivity contribution in [3.05, 3.63) is 0 Å². The molecule has 0 aliphatic heterocycles. The summed E-state index contributed by atoms with van der Waals surface area (Å²) in [5.41, 5.74) is 17.4. The van der Waals surface area contributed by atoms with Crippen LogP contribution >= 0.6 is 0 Å². The van der Waals surface area contributed by atoms with Crippen molar-refractivity contribution >= 4 is 17.9 Å². The van der Waals surface area contributed by atoms with E-state index < -0.39 is 53.3 Å². The van der Waals surface area contributed by atoms with Gasteiger partial charge in [0.15, 0.2) is 0 Å². The van der Waals surface area contributed by atoms with Crippen LogP contribution in [0, 0.1) is 38.5 Å². The molecule has 14 heteroatoms. The van der Waals surface area contributed by atoms with E-state index in [1.165, 1.54) is 34.6 Å². The van der Waals surface area contributed by atoms with E-state index in [0.717, 1.165) is 0 Å². The number of carbonyl (C=O) groups is 3. The van der Waals surface area contributed by atoms with Crippen LogP contribution in [0.1, 0.15) is 48.5 Å². The first kappa shape index (κ1) is 51.4. The van der Waals surface area contributed by atoms with Gasteiger partial charge in [0.1, 0.15) is 17.6 Å². The molecule has 0 saturated heterocycles. The molecule has 0 aromatic rings. The molecular formula is C24H48N4O10. The van der Waals surface area contributed by atoms with Gasteiger partial charge in [-0.25, -0.2) is 0 Å². The van der Waals surface area contributed by atoms with Gasteiger partial charge in [0.05, 0.1) is 23.9 Å². The Morgan fingerprint density at radius 1 is 0.684 bits per heavy atom. The summed E-state index contributed by atoms with van der Waals surface area (Å²) in [5, 5.41) is 59.3. The first-order valence-corrected chi connectivity index (χ1v) is 10.5. The summed E-state index contributed by atoms with van der Waals surface area (Å²) in [7, 11) is 0. The molecule has 0 aromatic carbocycles. The van der Waals surface area contributed by atoms with E-state index in [2.05, 4.69) is 38.5 Å². The van der Waals surface area contributed by atoms with Crippen molar-refractivity contribution in [3.63, 3.8) is 0 Å². The van der Waals surface area contributed by atoms with Crippen molar-refractivity contribution in [2.75, 3.05) is 0 Å². The molecule has 0 radical (unpaired) electrons. The van der Waals surface area contributed by atoms with E-state index in [9.17, 15) is 14.4 Å². The first-order chi connectivity index (χ1) is 16.9. The Morgan fingerprint density at radius 2 is 0.947 bits per heavy atom. The number of carboxylic acid groups (broad SMARTS) is 3. The van der Waals surface area contributed by atoms with Gasteiger partial charge in [0.2, 0.25) is 0 Å². The molecule has 0 heterocycles. The van der Waals surface area contributed by atoms with Crippen molar-refractivity contribution in [2.24, 2.45) is 22.9 Å². The minimum absolute atomic E-state index is 0.0926. The van der Waals surface area contributed by atoms with Crippen LogP contribution in [0.25, 0.3) is 0 Å². The minimum atomic E-state index is -1.53. The molecule has 0 amide bonds. The lowest BCUT2D eigenvalue weighted by Crippen LogP contribution is -2.53. The Bertz CT molecular complexity index is 645. The summed E-state index contributed by atoms with van der Waals surface area (Å²) in [6, 6.07) is -2.46. The average molecular weight is 553 g/mol. The fourth-order valence-corrected chi connectivity index (χ4v) is 0.687. The molecule has 0 aliphatic carbocycles. The average Bonchev–Trinajstić information content (AvgIpc) is 2.82. The Hall–Kier alpha value is -3.23. The highest BCUT2D eigenvalue weighted by Crippen LogP contribution is 2.05. The monoisotopic (exact) mass is 552 g/mol. The number of carboxylic acids is 3. The van der Waals surface area contributed by atoms with E-state index in [-0.39, 0.29) is 12.1 Å². The zero-order chi connectivity index (χ0) is 33.2. The van der Waals surface area contributed by atoms with E-state index >= 15 is 0 Å². The second-order valence-corrected chi connectivity index (χ2v) is 7.94. The summed E-state index contributed by atoms with van der Waals surface area (Å²) in [6.07, 6.45) is 21.6. The van der Waals surface area contributed by atoms with Gasteiger partial charge in [-0.15, -0.1) is 38.5 Å². The molecular weight excluding hydrogens is 504 g/mol. The van der Waals surface area contributed by atoms with Crippen molar-refractivity contribution in [3.8, 4) is 38.5 Å². The van der Waals surface area contributed by atoms with Crippen LogP contribution in [0.15, 0.2) is 0 Å². The predicted octanol–water partition coefficient (Wildman–Crippen LogP) is -2.42. The molecule has 0 fully saturated rings. The smallest absolute Gasteiger partial charge is 0.326 e. The number of nitrogens with two attached hydrogens (primary N) is 4. The topological polar surface area (TPSA) is 297 Å². The highest BCUT2D eigenvalue weighted by Gasteiger charge is 2.33. The van der Waals surface area contributed by atoms with Crippen LogP contribution in [0.5, 0.6) is 0 Å². The van der Waals surface area contributed by atoms with Crippen molar-refractivity contribution in [1.82, 2.24) is 0 Å². The van der Waals surface area contributed by atoms with Crippen LogP contribution in [0.4, 0.5) is 0 Å². The lowest BCUT2D eigenvalue weighted by atomic mass is 9.98. The van der Waals surface area contributed by atoms with Crippen LogP contribution in [-0.2, 0) is 14.4 Å². The van der Waals surface area contributed by atoms with Crippen LogP contribution in [0.2, 0.25) is 0 Å². The summed E-state index contributed by atoms with van der Waals surface area (Å²) in [4.78, 5) is 30.1. The van der Waals surface area contributed by atoms with Gasteiger partial charge in [0, 0.05) is 6.04 Å². The molecule has 14 nitrogen and oxygen atoms in total. The molecule has 0 rings (SSSR count). The molecule has 224 valence electrons. The van der Waals surface area contributed by atoms with Crippen molar-refractivity contribution in [1.29, 1.82) is 0 Å². The maximum Gasteiger partial charge on any atom is 0.326 e. The number of rotatable bonds is 7. The largest absolute Gasteiger partial charge is 0.480 e. The molecule has 38 heavy (non-hydrogen) atoms. The number of terminal acetylenes is 3. The van der Waals surface area contributed by atoms with Gasteiger partial charge in [-0.2, -0.15) is 0 Å². The van der Waals surface area contributed by atoms with Crippen LogP contribution < -0.4 is 22.9 Å². The van der Waals surface area contributed by atoms with E-state index in [0.29, 0.717) is 0 Å². The third-order valence-corrected chi connectivity index (χ3v) is 3.92. The number of aliphatic carboxylic acids is 3. The summed E-state index contributed by atoms with van der Waals surface area (Å²) >= 11 is 0. The zero-order valence-corrected chi connectivity index (χ0v) is 23.1. The number of hydrogen-bond donors (Lipinski definition) is 11. The van der Waals surface area contributed by atoms with E-state index in [1.807, 2.05) is 0 Å². The van der Waals surface area contributed by atoms with Crippen LogP contribution in [-0.4, -0.2) is 101 Å². The Kier molecular flexibility index (Phi) is 38.4. The van der Waals surface area contributed by atoms with Crippen molar-refractivity contribution < 1.29 is 50.1 Å². The summed E-state index contributed by atoms with van der Waals surface area (Å²) in [6.45, 7) is 10.1. The highest BCUT2D eigenvalue weighted by atomic mass is 16.4. The molecule has 0 bridgehead atoms. The lowest BCUT2D eigenvalue weighted by molar-refractivity contribution is -0.146. The number of aliphatic hydroxyl groups excluding tert-OH is 3. The molecule has 7 atom stereocenters. The third kappa shape index (κ3) is 34.9. The lowest BCUT2D eigenvalue weighted by Gasteiger charge is -2.21. The molecule has 15 N–H and O–H groups in total. The third-order valence-electron chi connectivity index (χ3n) is 3.92. The standard InChI is InChI=1S/2C5H11NO3.C4H9NO3.C4H11NO.3C2H2/c1-5(2,9)3(6)4(7)8;1-3(7)5(2,6)4(8)9;1-2(6)3(5)4(7)8;1-3(5)4(2)6;3*1-2/h3,9H,6H2,1-2H3,(H,7,8);3,7H,6H2,1-2H3,(H,8,9);2-3,6H,5H2,1H3,(H,7,8);3-4,6H,5H2,1-2H3;3*1-2H/t3-;3-,5-;2-,3+;3-,4?;;;/m0111.../s1.